The lowest BCUT2D eigenvalue weighted by atomic mass is 10.1. The zero-order chi connectivity index (χ0) is 20.1. The molecule has 1 amide bonds. The smallest absolute Gasteiger partial charge is 0.255 e. The Morgan fingerprint density at radius 3 is 2.46 bits per heavy atom. The Bertz CT molecular complexity index is 925. The molecular formula is C20H24N2O5S. The van der Waals surface area contributed by atoms with E-state index in [0.717, 1.165) is 5.56 Å². The second-order valence-electron chi connectivity index (χ2n) is 6.48. The SMILES string of the molecule is COc1ccc(S(=O)(=O)N2CCOCC2)cc1C(=O)N[C@@H](C)c1ccccc1. The summed E-state index contributed by atoms with van der Waals surface area (Å²) in [5.74, 6) is -0.0779. The maximum absolute atomic E-state index is 12.9. The third kappa shape index (κ3) is 4.35. The summed E-state index contributed by atoms with van der Waals surface area (Å²) in [4.78, 5) is 12.9. The molecule has 2 aromatic rings. The van der Waals surface area contributed by atoms with Gasteiger partial charge in [-0.3, -0.25) is 4.79 Å². The minimum atomic E-state index is -3.71. The summed E-state index contributed by atoms with van der Waals surface area (Å²) in [5, 5.41) is 2.90. The fraction of sp³-hybridized carbons (Fsp3) is 0.350. The molecule has 0 saturated carbocycles. The summed E-state index contributed by atoms with van der Waals surface area (Å²) in [6.45, 7) is 3.17. The Kier molecular flexibility index (Phi) is 6.33. The van der Waals surface area contributed by atoms with E-state index in [0.29, 0.717) is 32.1 Å². The van der Waals surface area contributed by atoms with Gasteiger partial charge in [-0.1, -0.05) is 30.3 Å². The number of amides is 1. The van der Waals surface area contributed by atoms with Crippen molar-refractivity contribution in [3.8, 4) is 5.75 Å². The van der Waals surface area contributed by atoms with E-state index in [1.54, 1.807) is 0 Å². The summed E-state index contributed by atoms with van der Waals surface area (Å²) in [5.41, 5.74) is 1.13. The van der Waals surface area contributed by atoms with E-state index >= 15 is 0 Å². The third-order valence-corrected chi connectivity index (χ3v) is 6.57. The van der Waals surface area contributed by atoms with Crippen LogP contribution in [0.25, 0.3) is 0 Å². The van der Waals surface area contributed by atoms with Crippen molar-refractivity contribution in [2.24, 2.45) is 0 Å². The van der Waals surface area contributed by atoms with Gasteiger partial charge in [0.1, 0.15) is 5.75 Å². The monoisotopic (exact) mass is 404 g/mol. The minimum absolute atomic E-state index is 0.0627. The van der Waals surface area contributed by atoms with E-state index in [1.807, 2.05) is 37.3 Å². The van der Waals surface area contributed by atoms with Gasteiger partial charge in [0.15, 0.2) is 0 Å². The molecule has 2 aromatic carbocycles. The summed E-state index contributed by atoms with van der Waals surface area (Å²) < 4.78 is 37.7. The molecular weight excluding hydrogens is 380 g/mol. The Hall–Kier alpha value is -2.42. The number of rotatable bonds is 6. The molecule has 150 valence electrons. The standard InChI is InChI=1S/C20H24N2O5S/c1-15(16-6-4-3-5-7-16)21-20(23)18-14-17(8-9-19(18)26-2)28(24,25)22-10-12-27-13-11-22/h3-9,14-15H,10-13H2,1-2H3,(H,21,23)/t15-/m0/s1. The van der Waals surface area contributed by atoms with Gasteiger partial charge in [-0.05, 0) is 30.7 Å². The zero-order valence-electron chi connectivity index (χ0n) is 15.9. The minimum Gasteiger partial charge on any atom is -0.496 e. The number of hydrogen-bond acceptors (Lipinski definition) is 5. The highest BCUT2D eigenvalue weighted by molar-refractivity contribution is 7.89. The van der Waals surface area contributed by atoms with Gasteiger partial charge in [0.2, 0.25) is 10.0 Å². The van der Waals surface area contributed by atoms with Crippen molar-refractivity contribution < 1.29 is 22.7 Å². The molecule has 0 spiro atoms. The normalized spacial score (nSPS) is 16.4. The summed E-state index contributed by atoms with van der Waals surface area (Å²) in [7, 11) is -2.26. The highest BCUT2D eigenvalue weighted by Gasteiger charge is 2.28. The summed E-state index contributed by atoms with van der Waals surface area (Å²) in [6, 6.07) is 13.6. The number of nitrogens with zero attached hydrogens (tertiary/aromatic N) is 1. The topological polar surface area (TPSA) is 84.9 Å². The first-order chi connectivity index (χ1) is 13.4. The first-order valence-corrected chi connectivity index (χ1v) is 10.5. The second-order valence-corrected chi connectivity index (χ2v) is 8.42. The highest BCUT2D eigenvalue weighted by atomic mass is 32.2. The predicted molar refractivity (Wildman–Crippen MR) is 105 cm³/mol. The molecule has 1 saturated heterocycles. The molecule has 0 aromatic heterocycles. The van der Waals surface area contributed by atoms with E-state index in [1.165, 1.54) is 29.6 Å². The van der Waals surface area contributed by atoms with E-state index in [2.05, 4.69) is 5.32 Å². The van der Waals surface area contributed by atoms with Gasteiger partial charge in [0.05, 0.1) is 36.8 Å². The lowest BCUT2D eigenvalue weighted by Crippen LogP contribution is -2.40. The van der Waals surface area contributed by atoms with Crippen LogP contribution in [-0.4, -0.2) is 52.0 Å². The largest absolute Gasteiger partial charge is 0.496 e. The fourth-order valence-electron chi connectivity index (χ4n) is 3.06. The van der Waals surface area contributed by atoms with Gasteiger partial charge >= 0.3 is 0 Å². The van der Waals surface area contributed by atoms with Gasteiger partial charge in [-0.15, -0.1) is 0 Å². The van der Waals surface area contributed by atoms with Crippen LogP contribution in [0.5, 0.6) is 5.75 Å². The Labute approximate surface area is 165 Å². The van der Waals surface area contributed by atoms with Crippen LogP contribution < -0.4 is 10.1 Å². The summed E-state index contributed by atoms with van der Waals surface area (Å²) in [6.07, 6.45) is 0. The van der Waals surface area contributed by atoms with E-state index in [9.17, 15) is 13.2 Å². The number of benzene rings is 2. The molecule has 1 heterocycles. The molecule has 1 aliphatic rings. The molecule has 0 unspecified atom stereocenters. The fourth-order valence-corrected chi connectivity index (χ4v) is 4.50. The van der Waals surface area contributed by atoms with Gasteiger partial charge < -0.3 is 14.8 Å². The van der Waals surface area contributed by atoms with Crippen LogP contribution >= 0.6 is 0 Å². The van der Waals surface area contributed by atoms with E-state index < -0.39 is 15.9 Å². The summed E-state index contributed by atoms with van der Waals surface area (Å²) >= 11 is 0. The molecule has 1 fully saturated rings. The van der Waals surface area contributed by atoms with Crippen molar-refractivity contribution in [2.45, 2.75) is 17.9 Å². The van der Waals surface area contributed by atoms with Gasteiger partial charge in [0.25, 0.3) is 5.91 Å². The maximum Gasteiger partial charge on any atom is 0.255 e. The van der Waals surface area contributed by atoms with Crippen molar-refractivity contribution in [2.75, 3.05) is 33.4 Å². The number of ether oxygens (including phenoxy) is 2. The van der Waals surface area contributed by atoms with Crippen LogP contribution in [0.3, 0.4) is 0 Å². The molecule has 7 nitrogen and oxygen atoms in total. The number of carbonyl (C=O) groups is 1. The Morgan fingerprint density at radius 1 is 1.14 bits per heavy atom. The van der Waals surface area contributed by atoms with E-state index in [-0.39, 0.29) is 16.5 Å². The van der Waals surface area contributed by atoms with Crippen LogP contribution in [0.4, 0.5) is 0 Å². The van der Waals surface area contributed by atoms with Crippen LogP contribution in [0.1, 0.15) is 28.9 Å². The molecule has 0 bridgehead atoms. The predicted octanol–water partition coefficient (Wildman–Crippen LogP) is 2.21. The average Bonchev–Trinajstić information content (AvgIpc) is 2.74. The number of hydrogen-bond donors (Lipinski definition) is 1. The Morgan fingerprint density at radius 2 is 1.82 bits per heavy atom. The maximum atomic E-state index is 12.9. The second kappa shape index (κ2) is 8.72. The lowest BCUT2D eigenvalue weighted by Gasteiger charge is -2.26. The molecule has 1 N–H and O–H groups in total. The van der Waals surface area contributed by atoms with Crippen LogP contribution in [0, 0.1) is 0 Å². The van der Waals surface area contributed by atoms with Crippen LogP contribution in [0.15, 0.2) is 53.4 Å². The van der Waals surface area contributed by atoms with Crippen molar-refractivity contribution in [1.29, 1.82) is 0 Å². The van der Waals surface area contributed by atoms with Crippen molar-refractivity contribution in [1.82, 2.24) is 9.62 Å². The number of carbonyl (C=O) groups excluding carboxylic acids is 1. The number of morpholine rings is 1. The molecule has 3 rings (SSSR count). The van der Waals surface area contributed by atoms with E-state index in [4.69, 9.17) is 9.47 Å². The first-order valence-electron chi connectivity index (χ1n) is 9.05. The average molecular weight is 404 g/mol. The lowest BCUT2D eigenvalue weighted by molar-refractivity contribution is 0.0730. The van der Waals surface area contributed by atoms with Crippen molar-refractivity contribution in [3.05, 3.63) is 59.7 Å². The first kappa shape index (κ1) is 20.3. The van der Waals surface area contributed by atoms with Gasteiger partial charge in [-0.2, -0.15) is 4.31 Å². The number of nitrogens with one attached hydrogen (secondary N) is 1. The molecule has 8 heteroatoms. The van der Waals surface area contributed by atoms with Crippen molar-refractivity contribution in [3.63, 3.8) is 0 Å². The van der Waals surface area contributed by atoms with Crippen LogP contribution in [-0.2, 0) is 14.8 Å². The third-order valence-electron chi connectivity index (χ3n) is 4.67. The molecule has 1 aliphatic heterocycles. The van der Waals surface area contributed by atoms with Gasteiger partial charge in [0, 0.05) is 13.1 Å². The highest BCUT2D eigenvalue weighted by Crippen LogP contribution is 2.26. The zero-order valence-corrected chi connectivity index (χ0v) is 16.7. The molecule has 0 aliphatic carbocycles. The van der Waals surface area contributed by atoms with Gasteiger partial charge in [-0.25, -0.2) is 8.42 Å². The molecule has 28 heavy (non-hydrogen) atoms. The molecule has 0 radical (unpaired) electrons. The van der Waals surface area contributed by atoms with Crippen LogP contribution in [0.2, 0.25) is 0 Å². The quantitative estimate of drug-likeness (QED) is 0.798. The molecule has 1 atom stereocenters. The van der Waals surface area contributed by atoms with Crippen molar-refractivity contribution >= 4 is 15.9 Å². The number of sulfonamides is 1. The number of methoxy groups -OCH3 is 1. The Balaban J connectivity index is 1.87.